The van der Waals surface area contributed by atoms with Crippen LogP contribution in [0, 0.1) is 5.92 Å². The third-order valence-corrected chi connectivity index (χ3v) is 2.42. The first-order valence-electron chi connectivity index (χ1n) is 4.94. The van der Waals surface area contributed by atoms with E-state index < -0.39 is 0 Å². The fourth-order valence-corrected chi connectivity index (χ4v) is 1.33. The maximum Gasteiger partial charge on any atom is 0.0997 e. The van der Waals surface area contributed by atoms with Gasteiger partial charge in [-0.25, -0.2) is 0 Å². The Kier molecular flexibility index (Phi) is 3.30. The van der Waals surface area contributed by atoms with E-state index in [9.17, 15) is 4.39 Å². The summed E-state index contributed by atoms with van der Waals surface area (Å²) in [5.41, 5.74) is 2.40. The Bertz CT molecular complexity index is 296. The van der Waals surface area contributed by atoms with Crippen molar-refractivity contribution >= 4 is 0 Å². The molecule has 0 aromatic heterocycles. The zero-order valence-electron chi connectivity index (χ0n) is 9.39. The molecule has 0 fully saturated rings. The lowest BCUT2D eigenvalue weighted by Crippen LogP contribution is -2.11. The molecular formula is C13H18F. The van der Waals surface area contributed by atoms with E-state index in [4.69, 9.17) is 0 Å². The molecule has 0 heterocycles. The van der Waals surface area contributed by atoms with Crippen LogP contribution in [0.25, 0.3) is 0 Å². The summed E-state index contributed by atoms with van der Waals surface area (Å²) in [5, 5.41) is 0. The van der Waals surface area contributed by atoms with Gasteiger partial charge in [0.1, 0.15) is 0 Å². The summed E-state index contributed by atoms with van der Waals surface area (Å²) in [4.78, 5) is 0. The van der Waals surface area contributed by atoms with Crippen LogP contribution in [0.3, 0.4) is 0 Å². The highest BCUT2D eigenvalue weighted by molar-refractivity contribution is 5.36. The number of rotatable bonds is 2. The van der Waals surface area contributed by atoms with Gasteiger partial charge in [-0.3, -0.25) is 4.39 Å². The zero-order chi connectivity index (χ0) is 10.8. The summed E-state index contributed by atoms with van der Waals surface area (Å²) in [7, 11) is 0. The lowest BCUT2D eigenvalue weighted by molar-refractivity contribution is 0.515. The molecule has 0 bridgehead atoms. The Morgan fingerprint density at radius 2 is 1.93 bits per heavy atom. The van der Waals surface area contributed by atoms with E-state index in [0.29, 0.717) is 0 Å². The Labute approximate surface area is 86.2 Å². The van der Waals surface area contributed by atoms with E-state index >= 15 is 0 Å². The Morgan fingerprint density at radius 1 is 1.29 bits per heavy atom. The van der Waals surface area contributed by atoms with E-state index in [1.165, 1.54) is 5.56 Å². The number of halogens is 1. The highest BCUT2D eigenvalue weighted by atomic mass is 19.1. The van der Waals surface area contributed by atoms with E-state index in [1.807, 2.05) is 19.1 Å². The molecule has 0 aliphatic heterocycles. The predicted molar refractivity (Wildman–Crippen MR) is 59.1 cm³/mol. The molecule has 0 unspecified atom stereocenters. The molecule has 0 atom stereocenters. The summed E-state index contributed by atoms with van der Waals surface area (Å²) in [6, 6.07) is 8.13. The molecule has 0 saturated carbocycles. The van der Waals surface area contributed by atoms with Gasteiger partial charge in [0.25, 0.3) is 0 Å². The van der Waals surface area contributed by atoms with Crippen LogP contribution in [-0.4, -0.2) is 6.67 Å². The molecular weight excluding hydrogens is 175 g/mol. The van der Waals surface area contributed by atoms with Gasteiger partial charge < -0.3 is 0 Å². The Hall–Kier alpha value is -0.850. The largest absolute Gasteiger partial charge is 0.250 e. The van der Waals surface area contributed by atoms with Gasteiger partial charge in [-0.1, -0.05) is 52.0 Å². The van der Waals surface area contributed by atoms with Crippen LogP contribution in [-0.2, 0) is 5.41 Å². The molecule has 0 saturated heterocycles. The van der Waals surface area contributed by atoms with Crippen molar-refractivity contribution in [1.82, 2.24) is 0 Å². The van der Waals surface area contributed by atoms with E-state index in [0.717, 1.165) is 11.5 Å². The van der Waals surface area contributed by atoms with Crippen molar-refractivity contribution in [2.45, 2.75) is 33.1 Å². The molecule has 14 heavy (non-hydrogen) atoms. The van der Waals surface area contributed by atoms with Crippen LogP contribution in [0.15, 0.2) is 24.3 Å². The van der Waals surface area contributed by atoms with Crippen LogP contribution < -0.4 is 0 Å². The maximum absolute atomic E-state index is 12.5. The first-order chi connectivity index (χ1) is 6.45. The highest BCUT2D eigenvalue weighted by Gasteiger charge is 2.15. The fraction of sp³-hybridized carbons (Fsp3) is 0.462. The topological polar surface area (TPSA) is 0 Å². The quantitative estimate of drug-likeness (QED) is 0.668. The molecule has 0 aliphatic carbocycles. The summed E-state index contributed by atoms with van der Waals surface area (Å²) >= 11 is 0. The number of alkyl halides is 1. The third-order valence-electron chi connectivity index (χ3n) is 2.42. The Balaban J connectivity index is 3.01. The molecule has 0 nitrogen and oxygen atoms in total. The smallest absolute Gasteiger partial charge is 0.0997 e. The van der Waals surface area contributed by atoms with Crippen molar-refractivity contribution in [3.05, 3.63) is 41.3 Å². The van der Waals surface area contributed by atoms with E-state index in [-0.39, 0.29) is 12.1 Å². The standard InChI is InChI=1S/C13H18F/c1-10(9-14)11-6-5-7-12(8-11)13(2,3)4/h5-8H,9H2,1-4H3. The minimum Gasteiger partial charge on any atom is -0.250 e. The molecule has 0 aliphatic rings. The maximum atomic E-state index is 12.5. The molecule has 1 aromatic carbocycles. The minimum atomic E-state index is -0.367. The van der Waals surface area contributed by atoms with Crippen LogP contribution >= 0.6 is 0 Å². The van der Waals surface area contributed by atoms with Crippen molar-refractivity contribution in [1.29, 1.82) is 0 Å². The van der Waals surface area contributed by atoms with Gasteiger partial charge in [0.2, 0.25) is 0 Å². The normalized spacial score (nSPS) is 12.1. The number of hydrogen-bond donors (Lipinski definition) is 0. The second kappa shape index (κ2) is 4.12. The molecule has 77 valence electrons. The monoisotopic (exact) mass is 193 g/mol. The summed E-state index contributed by atoms with van der Waals surface area (Å²) in [5.74, 6) is 0.802. The average molecular weight is 193 g/mol. The molecule has 0 amide bonds. The SMILES string of the molecule is C[C](CF)c1cccc(C(C)(C)C)c1. The van der Waals surface area contributed by atoms with Crippen molar-refractivity contribution in [2.75, 3.05) is 6.67 Å². The molecule has 1 radical (unpaired) electrons. The van der Waals surface area contributed by atoms with Crippen molar-refractivity contribution in [3.8, 4) is 0 Å². The first kappa shape index (κ1) is 11.2. The minimum absolute atomic E-state index is 0.132. The molecule has 1 rings (SSSR count). The lowest BCUT2D eigenvalue weighted by atomic mass is 9.85. The van der Waals surface area contributed by atoms with E-state index in [2.05, 4.69) is 32.9 Å². The van der Waals surface area contributed by atoms with Crippen LogP contribution in [0.2, 0.25) is 0 Å². The Morgan fingerprint density at radius 3 is 2.43 bits per heavy atom. The van der Waals surface area contributed by atoms with Crippen molar-refractivity contribution in [3.63, 3.8) is 0 Å². The lowest BCUT2D eigenvalue weighted by Gasteiger charge is -2.20. The zero-order valence-corrected chi connectivity index (χ0v) is 9.39. The van der Waals surface area contributed by atoms with Crippen LogP contribution in [0.4, 0.5) is 4.39 Å². The van der Waals surface area contributed by atoms with Crippen LogP contribution in [0.1, 0.15) is 38.8 Å². The number of hydrogen-bond acceptors (Lipinski definition) is 0. The first-order valence-corrected chi connectivity index (χ1v) is 4.94. The number of benzene rings is 1. The van der Waals surface area contributed by atoms with Crippen molar-refractivity contribution in [2.24, 2.45) is 0 Å². The summed E-state index contributed by atoms with van der Waals surface area (Å²) in [6.45, 7) is 7.96. The highest BCUT2D eigenvalue weighted by Crippen LogP contribution is 2.25. The van der Waals surface area contributed by atoms with Gasteiger partial charge in [0, 0.05) is 5.92 Å². The van der Waals surface area contributed by atoms with Gasteiger partial charge in [0.15, 0.2) is 0 Å². The second-order valence-electron chi connectivity index (χ2n) is 4.74. The van der Waals surface area contributed by atoms with Gasteiger partial charge >= 0.3 is 0 Å². The summed E-state index contributed by atoms with van der Waals surface area (Å²) < 4.78 is 12.5. The third kappa shape index (κ3) is 2.57. The van der Waals surface area contributed by atoms with Gasteiger partial charge in [-0.2, -0.15) is 0 Å². The van der Waals surface area contributed by atoms with Gasteiger partial charge in [0.05, 0.1) is 6.67 Å². The van der Waals surface area contributed by atoms with Crippen LogP contribution in [0.5, 0.6) is 0 Å². The van der Waals surface area contributed by atoms with Gasteiger partial charge in [-0.05, 0) is 16.5 Å². The van der Waals surface area contributed by atoms with Gasteiger partial charge in [-0.15, -0.1) is 0 Å². The van der Waals surface area contributed by atoms with E-state index in [1.54, 1.807) is 0 Å². The predicted octanol–water partition coefficient (Wildman–Crippen LogP) is 3.90. The molecule has 1 heteroatoms. The second-order valence-corrected chi connectivity index (χ2v) is 4.74. The van der Waals surface area contributed by atoms with Crippen molar-refractivity contribution < 1.29 is 4.39 Å². The fourth-order valence-electron chi connectivity index (χ4n) is 1.33. The summed E-state index contributed by atoms with van der Waals surface area (Å²) in [6.07, 6.45) is 0. The average Bonchev–Trinajstić information content (AvgIpc) is 2.15. The molecule has 0 spiro atoms. The molecule has 1 aromatic rings. The molecule has 0 N–H and O–H groups in total.